The minimum absolute atomic E-state index is 0.0648. The first-order chi connectivity index (χ1) is 23.1. The molecule has 11 nitrogen and oxygen atoms in total. The van der Waals surface area contributed by atoms with E-state index < -0.39 is 5.97 Å². The van der Waals surface area contributed by atoms with Gasteiger partial charge >= 0.3 is 5.97 Å². The maximum Gasteiger partial charge on any atom is 0.335 e. The van der Waals surface area contributed by atoms with E-state index in [1.807, 2.05) is 52.8 Å². The van der Waals surface area contributed by atoms with Gasteiger partial charge in [-0.1, -0.05) is 13.8 Å². The van der Waals surface area contributed by atoms with Crippen molar-refractivity contribution in [3.8, 4) is 11.5 Å². The van der Waals surface area contributed by atoms with E-state index in [4.69, 9.17) is 20.3 Å². The van der Waals surface area contributed by atoms with Crippen molar-refractivity contribution < 1.29 is 24.2 Å². The first kappa shape index (κ1) is 37.6. The molecule has 2 aliphatic rings. The van der Waals surface area contributed by atoms with E-state index in [2.05, 4.69) is 54.1 Å². The highest BCUT2D eigenvalue weighted by atomic mass is 79.9. The van der Waals surface area contributed by atoms with Gasteiger partial charge in [-0.05, 0) is 107 Å². The molecule has 0 bridgehead atoms. The maximum atomic E-state index is 12.5. The summed E-state index contributed by atoms with van der Waals surface area (Å²) in [6.07, 6.45) is 0. The molecule has 2 aromatic carbocycles. The maximum absolute atomic E-state index is 12.5. The van der Waals surface area contributed by atoms with Crippen LogP contribution in [0.1, 0.15) is 91.2 Å². The molecule has 0 aliphatic carbocycles. The summed E-state index contributed by atoms with van der Waals surface area (Å²) < 4.78 is 12.6. The Kier molecular flexibility index (Phi) is 12.3. The largest absolute Gasteiger partial charge is 0.491 e. The fourth-order valence-corrected chi connectivity index (χ4v) is 6.80. The number of aromatic carboxylic acids is 1. The van der Waals surface area contributed by atoms with Gasteiger partial charge in [0.1, 0.15) is 11.5 Å². The zero-order valence-corrected chi connectivity index (χ0v) is 31.3. The molecule has 4 heterocycles. The van der Waals surface area contributed by atoms with Crippen LogP contribution in [0.5, 0.6) is 11.5 Å². The number of nitrogens with one attached hydrogen (secondary N) is 3. The van der Waals surface area contributed by atoms with E-state index in [0.29, 0.717) is 42.0 Å². The third-order valence-corrected chi connectivity index (χ3v) is 9.47. The molecule has 260 valence electrons. The molecule has 1 amide bonds. The summed E-state index contributed by atoms with van der Waals surface area (Å²) in [7, 11) is 0. The van der Waals surface area contributed by atoms with Gasteiger partial charge in [0.15, 0.2) is 0 Å². The molecule has 4 aromatic rings. The Hall–Kier alpha value is -4.20. The molecule has 2 aliphatic heterocycles. The third-order valence-electron chi connectivity index (χ3n) is 8.29. The number of aromatic amines is 2. The van der Waals surface area contributed by atoms with Crippen LogP contribution in [0.25, 0.3) is 0 Å². The van der Waals surface area contributed by atoms with E-state index in [1.165, 1.54) is 0 Å². The second-order valence-corrected chi connectivity index (χ2v) is 14.0. The van der Waals surface area contributed by atoms with Crippen LogP contribution in [0.3, 0.4) is 0 Å². The summed E-state index contributed by atoms with van der Waals surface area (Å²) in [6, 6.07) is 10.7. The van der Waals surface area contributed by atoms with Gasteiger partial charge in [0.05, 0.1) is 27.7 Å². The number of H-pyrrole nitrogens is 2. The molecular weight excluding hydrogens is 760 g/mol. The zero-order chi connectivity index (χ0) is 36.2. The number of nitrogens with two attached hydrogens (primary N) is 1. The minimum Gasteiger partial charge on any atom is -0.491 e. The number of ether oxygens (including phenoxy) is 2. The molecule has 49 heavy (non-hydrogen) atoms. The van der Waals surface area contributed by atoms with Crippen molar-refractivity contribution in [3.05, 3.63) is 122 Å². The average Bonchev–Trinajstić information content (AvgIpc) is 3.59. The highest BCUT2D eigenvalue weighted by Gasteiger charge is 2.26. The van der Waals surface area contributed by atoms with Crippen LogP contribution in [0.2, 0.25) is 0 Å². The Morgan fingerprint density at radius 1 is 0.796 bits per heavy atom. The van der Waals surface area contributed by atoms with Gasteiger partial charge in [0.25, 0.3) is 17.0 Å². The number of halogens is 2. The Labute approximate surface area is 300 Å². The van der Waals surface area contributed by atoms with Crippen molar-refractivity contribution in [2.45, 2.75) is 66.5 Å². The molecule has 0 radical (unpaired) electrons. The van der Waals surface area contributed by atoms with Crippen LogP contribution >= 0.6 is 31.9 Å². The number of hydrogen-bond donors (Lipinski definition) is 5. The number of fused-ring (bicyclic) bond motifs is 2. The van der Waals surface area contributed by atoms with Crippen molar-refractivity contribution >= 4 is 43.7 Å². The Morgan fingerprint density at radius 3 is 1.69 bits per heavy atom. The number of carbonyl (C=O) groups is 2. The highest BCUT2D eigenvalue weighted by Crippen LogP contribution is 2.41. The van der Waals surface area contributed by atoms with E-state index in [0.717, 1.165) is 54.1 Å². The molecule has 2 unspecified atom stereocenters. The third kappa shape index (κ3) is 8.89. The zero-order valence-electron chi connectivity index (χ0n) is 28.2. The fraction of sp³-hybridized carbons (Fsp3) is 0.333. The van der Waals surface area contributed by atoms with Crippen molar-refractivity contribution in [1.82, 2.24) is 15.3 Å². The molecule has 2 aromatic heterocycles. The summed E-state index contributed by atoms with van der Waals surface area (Å²) in [5.41, 5.74) is 12.8. The van der Waals surface area contributed by atoms with Crippen LogP contribution in [-0.4, -0.2) is 40.2 Å². The fourth-order valence-electron chi connectivity index (χ4n) is 5.62. The second-order valence-electron chi connectivity index (χ2n) is 12.3. The van der Waals surface area contributed by atoms with Gasteiger partial charge in [0.2, 0.25) is 0 Å². The summed E-state index contributed by atoms with van der Waals surface area (Å²) >= 11 is 6.77. The predicted molar refractivity (Wildman–Crippen MR) is 195 cm³/mol. The Morgan fingerprint density at radius 2 is 1.24 bits per heavy atom. The average molecular weight is 801 g/mol. The standard InChI is InChI=1S/C18H19BrN2O3.C10H9BrO3.C8H12N2O/c1-9-4-11(3)21-18(23)14(9)7-20-17(22)12-5-13-10(2)8-24-16(13)15(19)6-12;1-5-4-14-9-7(5)2-6(10(12)13)3-8(9)11;1-5-3-6(2)10-8(11)7(5)4-9/h4-6,10H,7-8H2,1-3H3,(H,20,22)(H,21,23);2-3,5H,4H2,1H3,(H,12,13);3H,4,9H2,1-2H3,(H,10,11). The number of rotatable bonds is 5. The summed E-state index contributed by atoms with van der Waals surface area (Å²) in [6.45, 7) is 13.3. The van der Waals surface area contributed by atoms with E-state index in [9.17, 15) is 19.2 Å². The number of aromatic nitrogens is 2. The van der Waals surface area contributed by atoms with Crippen LogP contribution in [0.15, 0.2) is 54.9 Å². The van der Waals surface area contributed by atoms with Crippen molar-refractivity contribution in [3.63, 3.8) is 0 Å². The number of carboxylic acids is 1. The van der Waals surface area contributed by atoms with Crippen molar-refractivity contribution in [1.29, 1.82) is 0 Å². The van der Waals surface area contributed by atoms with Gasteiger partial charge in [0, 0.05) is 64.1 Å². The lowest BCUT2D eigenvalue weighted by Gasteiger charge is -2.10. The number of aryl methyl sites for hydroxylation is 4. The molecular formula is C36H40Br2N4O7. The smallest absolute Gasteiger partial charge is 0.335 e. The number of benzene rings is 2. The molecule has 6 rings (SSSR count). The molecule has 0 fully saturated rings. The van der Waals surface area contributed by atoms with Gasteiger partial charge in [-0.25, -0.2) is 4.79 Å². The first-order valence-corrected chi connectivity index (χ1v) is 17.2. The lowest BCUT2D eigenvalue weighted by molar-refractivity contribution is 0.0696. The molecule has 13 heteroatoms. The number of hydrogen-bond acceptors (Lipinski definition) is 7. The number of pyridine rings is 2. The number of amides is 1. The lowest BCUT2D eigenvalue weighted by Crippen LogP contribution is -2.28. The summed E-state index contributed by atoms with van der Waals surface area (Å²) in [5, 5.41) is 11.7. The Bertz CT molecular complexity index is 2020. The van der Waals surface area contributed by atoms with E-state index in [-0.39, 0.29) is 35.4 Å². The van der Waals surface area contributed by atoms with Gasteiger partial charge < -0.3 is 35.6 Å². The second kappa shape index (κ2) is 16.0. The van der Waals surface area contributed by atoms with E-state index in [1.54, 1.807) is 18.2 Å². The first-order valence-electron chi connectivity index (χ1n) is 15.6. The van der Waals surface area contributed by atoms with Crippen LogP contribution in [0, 0.1) is 27.7 Å². The highest BCUT2D eigenvalue weighted by molar-refractivity contribution is 9.11. The van der Waals surface area contributed by atoms with Crippen molar-refractivity contribution in [2.24, 2.45) is 5.73 Å². The van der Waals surface area contributed by atoms with Gasteiger partial charge in [-0.2, -0.15) is 0 Å². The van der Waals surface area contributed by atoms with Crippen molar-refractivity contribution in [2.75, 3.05) is 13.2 Å². The number of carboxylic acid groups (broad SMARTS) is 1. The monoisotopic (exact) mass is 798 g/mol. The predicted octanol–water partition coefficient (Wildman–Crippen LogP) is 6.27. The topological polar surface area (TPSA) is 177 Å². The minimum atomic E-state index is -0.910. The van der Waals surface area contributed by atoms with E-state index >= 15 is 0 Å². The lowest BCUT2D eigenvalue weighted by atomic mass is 10.0. The quantitative estimate of drug-likeness (QED) is 0.157. The van der Waals surface area contributed by atoms with Crippen LogP contribution in [0.4, 0.5) is 0 Å². The molecule has 0 saturated heterocycles. The van der Waals surface area contributed by atoms with Crippen LogP contribution < -0.4 is 31.6 Å². The number of carbonyl (C=O) groups excluding carboxylic acids is 1. The SMILES string of the molecule is CC1COc2c(Br)cc(C(=O)O)cc21.Cc1cc(C)c(CN)c(=O)[nH]1.Cc1cc(C)c(CNC(=O)c2cc(Br)c3c(c2)C(C)CO3)c(=O)[nH]1. The normalized spacial score (nSPS) is 15.4. The van der Waals surface area contributed by atoms with Crippen LogP contribution in [-0.2, 0) is 13.1 Å². The molecule has 6 N–H and O–H groups in total. The summed E-state index contributed by atoms with van der Waals surface area (Å²) in [5.74, 6) is 0.990. The molecule has 0 spiro atoms. The van der Waals surface area contributed by atoms with Gasteiger partial charge in [-0.15, -0.1) is 0 Å². The summed E-state index contributed by atoms with van der Waals surface area (Å²) in [4.78, 5) is 51.9. The van der Waals surface area contributed by atoms with Gasteiger partial charge in [-0.3, -0.25) is 14.4 Å². The molecule has 0 saturated carbocycles. The Balaban J connectivity index is 0.000000183. The molecule has 2 atom stereocenters.